The van der Waals surface area contributed by atoms with Crippen molar-refractivity contribution >= 4 is 29.1 Å². The number of nitrogens with zero attached hydrogens (tertiary/aromatic N) is 1. The Hall–Kier alpha value is -2.94. The Kier molecular flexibility index (Phi) is 12.9. The van der Waals surface area contributed by atoms with Gasteiger partial charge in [-0.15, -0.1) is 0 Å². The van der Waals surface area contributed by atoms with Gasteiger partial charge in [-0.3, -0.25) is 14.6 Å². The highest BCUT2D eigenvalue weighted by Gasteiger charge is 2.21. The Morgan fingerprint density at radius 3 is 2.33 bits per heavy atom. The number of ether oxygens (including phenoxy) is 2. The van der Waals surface area contributed by atoms with Crippen LogP contribution in [0.1, 0.15) is 88.6 Å². The minimum atomic E-state index is -3.02. The third kappa shape index (κ3) is 11.4. The number of pyridine rings is 1. The van der Waals surface area contributed by atoms with Crippen LogP contribution in [-0.4, -0.2) is 36.1 Å². The van der Waals surface area contributed by atoms with Gasteiger partial charge in [0.15, 0.2) is 11.5 Å². The average Bonchev–Trinajstić information content (AvgIpc) is 2.85. The van der Waals surface area contributed by atoms with E-state index in [0.29, 0.717) is 24.1 Å². The number of carbonyl (C=O) groups is 2. The summed E-state index contributed by atoms with van der Waals surface area (Å²) in [6.45, 7) is 7.34. The summed E-state index contributed by atoms with van der Waals surface area (Å²) in [6.07, 6.45) is 8.87. The Morgan fingerprint density at radius 1 is 1.03 bits per heavy atom. The van der Waals surface area contributed by atoms with Crippen LogP contribution in [0.5, 0.6) is 11.5 Å². The third-order valence-corrected chi connectivity index (χ3v) is 6.77. The molecule has 0 spiro atoms. The van der Waals surface area contributed by atoms with Gasteiger partial charge in [0, 0.05) is 30.4 Å². The summed E-state index contributed by atoms with van der Waals surface area (Å²) in [5.74, 6) is -0.460. The molecule has 0 bridgehead atoms. The van der Waals surface area contributed by atoms with Crippen LogP contribution in [-0.2, 0) is 4.79 Å². The maximum atomic E-state index is 12.9. The van der Waals surface area contributed by atoms with E-state index in [9.17, 15) is 18.4 Å². The minimum Gasteiger partial charge on any atom is -0.490 e. The molecule has 0 aliphatic rings. The van der Waals surface area contributed by atoms with Crippen LogP contribution in [0.25, 0.3) is 0 Å². The van der Waals surface area contributed by atoms with Gasteiger partial charge < -0.3 is 20.1 Å². The molecule has 1 atom stereocenters. The zero-order chi connectivity index (χ0) is 29.0. The van der Waals surface area contributed by atoms with Crippen molar-refractivity contribution in [2.24, 2.45) is 5.41 Å². The Labute approximate surface area is 235 Å². The molecule has 1 unspecified atom stereocenters. The predicted molar refractivity (Wildman–Crippen MR) is 150 cm³/mol. The van der Waals surface area contributed by atoms with Gasteiger partial charge in [0.1, 0.15) is 0 Å². The maximum absolute atomic E-state index is 12.9. The van der Waals surface area contributed by atoms with Crippen molar-refractivity contribution in [2.45, 2.75) is 92.2 Å². The molecule has 2 amide bonds. The normalized spacial score (nSPS) is 12.2. The topological polar surface area (TPSA) is 89.6 Å². The number of benzene rings is 1. The zero-order valence-electron chi connectivity index (χ0n) is 23.4. The lowest BCUT2D eigenvalue weighted by molar-refractivity contribution is -0.122. The first-order valence-electron chi connectivity index (χ1n) is 13.3. The Bertz CT molecular complexity index is 1070. The molecule has 0 aliphatic carbocycles. The van der Waals surface area contributed by atoms with Gasteiger partial charge in [0.25, 0.3) is 5.91 Å². The molecule has 10 heteroatoms. The highest BCUT2D eigenvalue weighted by Crippen LogP contribution is 2.31. The van der Waals surface area contributed by atoms with Gasteiger partial charge in [0.2, 0.25) is 5.91 Å². The highest BCUT2D eigenvalue weighted by atomic mass is 35.5. The van der Waals surface area contributed by atoms with Crippen LogP contribution in [0.15, 0.2) is 30.6 Å². The van der Waals surface area contributed by atoms with Crippen molar-refractivity contribution in [3.05, 3.63) is 46.7 Å². The maximum Gasteiger partial charge on any atom is 0.387 e. The van der Waals surface area contributed by atoms with Crippen molar-refractivity contribution in [3.63, 3.8) is 0 Å². The lowest BCUT2D eigenvalue weighted by Crippen LogP contribution is -2.41. The number of nitrogens with one attached hydrogen (secondary N) is 2. The van der Waals surface area contributed by atoms with Crippen LogP contribution in [0.4, 0.5) is 14.5 Å². The van der Waals surface area contributed by atoms with Crippen LogP contribution in [0.3, 0.4) is 0 Å². The van der Waals surface area contributed by atoms with Gasteiger partial charge >= 0.3 is 6.61 Å². The molecular weight excluding hydrogens is 528 g/mol. The first-order chi connectivity index (χ1) is 18.4. The number of anilines is 1. The van der Waals surface area contributed by atoms with E-state index in [0.717, 1.165) is 32.1 Å². The van der Waals surface area contributed by atoms with Crippen molar-refractivity contribution in [2.75, 3.05) is 11.9 Å². The zero-order valence-corrected chi connectivity index (χ0v) is 24.2. The molecule has 1 aromatic carbocycles. The fraction of sp³-hybridized carbons (Fsp3) is 0.552. The lowest BCUT2D eigenvalue weighted by atomic mass is 9.88. The predicted octanol–water partition coefficient (Wildman–Crippen LogP) is 7.56. The first-order valence-corrected chi connectivity index (χ1v) is 13.7. The molecule has 2 rings (SSSR count). The fourth-order valence-corrected chi connectivity index (χ4v) is 3.89. The number of unbranched alkanes of at least 4 members (excludes halogenated alkanes) is 5. The van der Waals surface area contributed by atoms with Gasteiger partial charge in [-0.05, 0) is 55.9 Å². The molecule has 7 nitrogen and oxygen atoms in total. The largest absolute Gasteiger partial charge is 0.490 e. The van der Waals surface area contributed by atoms with Gasteiger partial charge in [-0.25, -0.2) is 0 Å². The molecule has 0 radical (unpaired) electrons. The van der Waals surface area contributed by atoms with E-state index in [2.05, 4.69) is 41.1 Å². The molecule has 0 aliphatic heterocycles. The number of halogens is 3. The van der Waals surface area contributed by atoms with Crippen molar-refractivity contribution in [1.29, 1.82) is 0 Å². The molecule has 216 valence electrons. The monoisotopic (exact) mass is 567 g/mol. The van der Waals surface area contributed by atoms with E-state index in [1.807, 2.05) is 6.92 Å². The number of hydrogen-bond donors (Lipinski definition) is 2. The highest BCUT2D eigenvalue weighted by molar-refractivity contribution is 6.34. The van der Waals surface area contributed by atoms with E-state index in [4.69, 9.17) is 16.3 Å². The molecule has 0 saturated carbocycles. The van der Waals surface area contributed by atoms with Crippen LogP contribution < -0.4 is 20.1 Å². The Morgan fingerprint density at radius 2 is 1.69 bits per heavy atom. The van der Waals surface area contributed by atoms with E-state index in [1.165, 1.54) is 24.4 Å². The van der Waals surface area contributed by atoms with Crippen molar-refractivity contribution in [3.8, 4) is 11.5 Å². The molecule has 1 heterocycles. The standard InChI is InChI=1S/C29H40ClF2N3O4/c1-19-17-33-18-22(30)26(19)35-27(37)21-13-14-23(39-28(31)32)24(16-21)38-15-11-9-7-6-8-10-12-25(36)34-20(2)29(3,4)5/h13-14,16-18,20,28H,6-12,15H2,1-5H3,(H,34,36)(H,33,35,37). The van der Waals surface area contributed by atoms with Crippen LogP contribution >= 0.6 is 11.6 Å². The smallest absolute Gasteiger partial charge is 0.387 e. The second-order valence-corrected chi connectivity index (χ2v) is 11.1. The van der Waals surface area contributed by atoms with E-state index >= 15 is 0 Å². The van der Waals surface area contributed by atoms with Crippen LogP contribution in [0.2, 0.25) is 5.02 Å². The molecule has 2 N–H and O–H groups in total. The van der Waals surface area contributed by atoms with Crippen molar-refractivity contribution < 1.29 is 27.8 Å². The molecule has 39 heavy (non-hydrogen) atoms. The average molecular weight is 568 g/mol. The summed E-state index contributed by atoms with van der Waals surface area (Å²) in [5, 5.41) is 6.07. The van der Waals surface area contributed by atoms with Gasteiger partial charge in [0.05, 0.1) is 17.3 Å². The summed E-state index contributed by atoms with van der Waals surface area (Å²) in [7, 11) is 0. The Balaban J connectivity index is 1.79. The number of aryl methyl sites for hydroxylation is 1. The number of amides is 2. The minimum absolute atomic E-state index is 0.0331. The fourth-order valence-electron chi connectivity index (χ4n) is 3.64. The molecule has 0 fully saturated rings. The number of carbonyl (C=O) groups excluding carboxylic acids is 2. The number of rotatable bonds is 15. The third-order valence-electron chi connectivity index (χ3n) is 6.48. The van der Waals surface area contributed by atoms with Gasteiger partial charge in [-0.2, -0.15) is 8.78 Å². The van der Waals surface area contributed by atoms with E-state index < -0.39 is 12.5 Å². The summed E-state index contributed by atoms with van der Waals surface area (Å²) in [4.78, 5) is 28.8. The SMILES string of the molecule is Cc1cncc(Cl)c1NC(=O)c1ccc(OC(F)F)c(OCCCCCCCCC(=O)NC(C)C(C)(C)C)c1. The number of hydrogen-bond acceptors (Lipinski definition) is 5. The first kappa shape index (κ1) is 32.3. The van der Waals surface area contributed by atoms with E-state index in [-0.39, 0.29) is 46.1 Å². The summed E-state index contributed by atoms with van der Waals surface area (Å²) >= 11 is 6.14. The van der Waals surface area contributed by atoms with Crippen molar-refractivity contribution in [1.82, 2.24) is 10.3 Å². The lowest BCUT2D eigenvalue weighted by Gasteiger charge is -2.28. The second kappa shape index (κ2) is 15.6. The summed E-state index contributed by atoms with van der Waals surface area (Å²) in [5.41, 5.74) is 1.35. The van der Waals surface area contributed by atoms with E-state index in [1.54, 1.807) is 13.1 Å². The number of aromatic nitrogens is 1. The van der Waals surface area contributed by atoms with Gasteiger partial charge in [-0.1, -0.05) is 58.1 Å². The summed E-state index contributed by atoms with van der Waals surface area (Å²) < 4.78 is 36.1. The second-order valence-electron chi connectivity index (χ2n) is 10.7. The molecule has 1 aromatic heterocycles. The quantitative estimate of drug-likeness (QED) is 0.217. The molecule has 2 aromatic rings. The number of alkyl halides is 2. The summed E-state index contributed by atoms with van der Waals surface area (Å²) in [6, 6.07) is 4.17. The molecule has 0 saturated heterocycles. The molecular formula is C29H40ClF2N3O4. The van der Waals surface area contributed by atoms with Crippen LogP contribution in [0, 0.1) is 12.3 Å².